The van der Waals surface area contributed by atoms with Crippen LogP contribution in [0.1, 0.15) is 21.5 Å². The number of benzene rings is 4. The van der Waals surface area contributed by atoms with Crippen LogP contribution in [-0.2, 0) is 6.61 Å². The zero-order valence-corrected chi connectivity index (χ0v) is 21.5. The first kappa shape index (κ1) is 24.9. The lowest BCUT2D eigenvalue weighted by atomic mass is 10.1. The van der Waals surface area contributed by atoms with E-state index in [0.29, 0.717) is 31.6 Å². The van der Waals surface area contributed by atoms with Crippen molar-refractivity contribution in [2.45, 2.75) is 6.61 Å². The Bertz CT molecular complexity index is 1440. The van der Waals surface area contributed by atoms with Gasteiger partial charge >= 0.3 is 0 Å². The Balaban J connectivity index is 1.47. The first-order valence-corrected chi connectivity index (χ1v) is 11.9. The van der Waals surface area contributed by atoms with Gasteiger partial charge in [-0.2, -0.15) is 5.10 Å². The van der Waals surface area contributed by atoms with E-state index in [-0.39, 0.29) is 17.9 Å². The zero-order valence-electron chi connectivity index (χ0n) is 18.4. The molecule has 0 aromatic heterocycles. The lowest BCUT2D eigenvalue weighted by Crippen LogP contribution is -2.17. The Kier molecular flexibility index (Phi) is 7.80. The summed E-state index contributed by atoms with van der Waals surface area (Å²) in [4.78, 5) is 12.6. The van der Waals surface area contributed by atoms with E-state index in [1.54, 1.807) is 36.4 Å². The summed E-state index contributed by atoms with van der Waals surface area (Å²) in [5.74, 6) is 0.321. The Morgan fingerprint density at radius 1 is 1.06 bits per heavy atom. The van der Waals surface area contributed by atoms with Crippen molar-refractivity contribution in [3.8, 4) is 17.2 Å². The number of aromatic hydroxyl groups is 1. The van der Waals surface area contributed by atoms with Crippen molar-refractivity contribution in [2.24, 2.45) is 5.10 Å². The number of nitrogens with zero attached hydrogens (tertiary/aromatic N) is 1. The van der Waals surface area contributed by atoms with E-state index in [4.69, 9.17) is 32.7 Å². The molecule has 4 aromatic rings. The zero-order chi connectivity index (χ0) is 24.9. The number of nitrogens with one attached hydrogen (secondary N) is 1. The third-order valence-corrected chi connectivity index (χ3v) is 6.44. The standard InChI is InChI=1S/C26H19BrCl2N2O4/c1-34-24-10-16(8-20(27)25(24)35-14-15-6-7-21(28)22(29)9-15)13-30-31-26(33)19-11-17-4-2-3-5-18(17)12-23(19)32/h2-13,32H,14H2,1H3,(H,31,33)/b30-13-. The second kappa shape index (κ2) is 11.0. The van der Waals surface area contributed by atoms with Gasteiger partial charge in [-0.3, -0.25) is 4.79 Å². The van der Waals surface area contributed by atoms with Crippen molar-refractivity contribution in [2.75, 3.05) is 7.11 Å². The third-order valence-electron chi connectivity index (χ3n) is 5.11. The highest BCUT2D eigenvalue weighted by Gasteiger charge is 2.14. The van der Waals surface area contributed by atoms with Crippen molar-refractivity contribution < 1.29 is 19.4 Å². The van der Waals surface area contributed by atoms with Gasteiger partial charge in [-0.25, -0.2) is 5.43 Å². The molecular weight excluding hydrogens is 555 g/mol. The first-order valence-electron chi connectivity index (χ1n) is 10.3. The largest absolute Gasteiger partial charge is 0.507 e. The molecule has 0 unspecified atom stereocenters. The Morgan fingerprint density at radius 2 is 1.80 bits per heavy atom. The van der Waals surface area contributed by atoms with Crippen LogP contribution in [0.15, 0.2) is 76.3 Å². The summed E-state index contributed by atoms with van der Waals surface area (Å²) in [5.41, 5.74) is 4.07. The maximum absolute atomic E-state index is 12.6. The van der Waals surface area contributed by atoms with Crippen LogP contribution in [0.5, 0.6) is 17.2 Å². The molecule has 0 aliphatic heterocycles. The van der Waals surface area contributed by atoms with Crippen LogP contribution in [0.3, 0.4) is 0 Å². The highest BCUT2D eigenvalue weighted by molar-refractivity contribution is 9.10. The number of carbonyl (C=O) groups excluding carboxylic acids is 1. The van der Waals surface area contributed by atoms with E-state index < -0.39 is 5.91 Å². The summed E-state index contributed by atoms with van der Waals surface area (Å²) < 4.78 is 12.0. The van der Waals surface area contributed by atoms with Crippen LogP contribution in [0.25, 0.3) is 10.8 Å². The Morgan fingerprint density at radius 3 is 2.51 bits per heavy atom. The Hall–Kier alpha value is -3.26. The summed E-state index contributed by atoms with van der Waals surface area (Å²) in [6.45, 7) is 0.255. The molecule has 178 valence electrons. The van der Waals surface area contributed by atoms with Gasteiger partial charge in [-0.1, -0.05) is 53.5 Å². The van der Waals surface area contributed by atoms with Gasteiger partial charge in [0.05, 0.1) is 33.4 Å². The normalized spacial score (nSPS) is 11.1. The molecule has 35 heavy (non-hydrogen) atoms. The van der Waals surface area contributed by atoms with Crippen LogP contribution < -0.4 is 14.9 Å². The molecule has 4 aromatic carbocycles. The molecule has 9 heteroatoms. The molecule has 0 aliphatic rings. The molecule has 0 fully saturated rings. The fourth-order valence-corrected chi connectivity index (χ4v) is 4.27. The number of fused-ring (bicyclic) bond motifs is 1. The number of halogens is 3. The number of hydrazone groups is 1. The number of ether oxygens (including phenoxy) is 2. The molecule has 0 spiro atoms. The number of phenolic OH excluding ortho intramolecular Hbond substituents is 1. The van der Waals surface area contributed by atoms with Crippen molar-refractivity contribution in [1.29, 1.82) is 0 Å². The second-order valence-corrected chi connectivity index (χ2v) is 9.16. The van der Waals surface area contributed by atoms with Crippen molar-refractivity contribution in [3.63, 3.8) is 0 Å². The SMILES string of the molecule is COc1cc(/C=N\NC(=O)c2cc3ccccc3cc2O)cc(Br)c1OCc1ccc(Cl)c(Cl)c1. The van der Waals surface area contributed by atoms with Gasteiger partial charge in [0.1, 0.15) is 12.4 Å². The molecule has 1 amide bonds. The maximum Gasteiger partial charge on any atom is 0.275 e. The van der Waals surface area contributed by atoms with E-state index in [1.807, 2.05) is 30.3 Å². The smallest absolute Gasteiger partial charge is 0.275 e. The average Bonchev–Trinajstić information content (AvgIpc) is 2.84. The fraction of sp³-hybridized carbons (Fsp3) is 0.0769. The summed E-state index contributed by atoms with van der Waals surface area (Å²) in [7, 11) is 1.53. The quantitative estimate of drug-likeness (QED) is 0.185. The summed E-state index contributed by atoms with van der Waals surface area (Å²) >= 11 is 15.5. The average molecular weight is 574 g/mol. The van der Waals surface area contributed by atoms with Crippen LogP contribution in [0.2, 0.25) is 10.0 Å². The van der Waals surface area contributed by atoms with E-state index in [0.717, 1.165) is 16.3 Å². The van der Waals surface area contributed by atoms with Gasteiger partial charge in [-0.05, 0) is 74.2 Å². The number of hydrogen-bond acceptors (Lipinski definition) is 5. The minimum atomic E-state index is -0.530. The Labute approximate surface area is 220 Å². The summed E-state index contributed by atoms with van der Waals surface area (Å²) in [5, 5.41) is 16.8. The number of phenols is 1. The molecular formula is C26H19BrCl2N2O4. The molecule has 4 rings (SSSR count). The maximum atomic E-state index is 12.6. The predicted molar refractivity (Wildman–Crippen MR) is 142 cm³/mol. The predicted octanol–water partition coefficient (Wildman–Crippen LogP) is 6.97. The van der Waals surface area contributed by atoms with E-state index >= 15 is 0 Å². The van der Waals surface area contributed by atoms with E-state index in [9.17, 15) is 9.90 Å². The fourth-order valence-electron chi connectivity index (χ4n) is 3.38. The monoisotopic (exact) mass is 572 g/mol. The number of methoxy groups -OCH3 is 1. The topological polar surface area (TPSA) is 80.2 Å². The van der Waals surface area contributed by atoms with Gasteiger partial charge < -0.3 is 14.6 Å². The first-order chi connectivity index (χ1) is 16.9. The van der Waals surface area contributed by atoms with Crippen molar-refractivity contribution in [3.05, 3.63) is 97.9 Å². The van der Waals surface area contributed by atoms with E-state index in [2.05, 4.69) is 26.5 Å². The minimum absolute atomic E-state index is 0.121. The molecule has 2 N–H and O–H groups in total. The molecule has 6 nitrogen and oxygen atoms in total. The lowest BCUT2D eigenvalue weighted by molar-refractivity contribution is 0.0952. The number of rotatable bonds is 7. The van der Waals surface area contributed by atoms with Crippen LogP contribution in [0.4, 0.5) is 0 Å². The number of carbonyl (C=O) groups is 1. The van der Waals surface area contributed by atoms with Crippen LogP contribution >= 0.6 is 39.1 Å². The molecule has 0 saturated carbocycles. The summed E-state index contributed by atoms with van der Waals surface area (Å²) in [6, 6.07) is 19.4. The van der Waals surface area contributed by atoms with Crippen LogP contribution in [0, 0.1) is 0 Å². The highest BCUT2D eigenvalue weighted by Crippen LogP contribution is 2.37. The molecule has 0 heterocycles. The second-order valence-electron chi connectivity index (χ2n) is 7.49. The van der Waals surface area contributed by atoms with Crippen LogP contribution in [-0.4, -0.2) is 24.3 Å². The minimum Gasteiger partial charge on any atom is -0.507 e. The molecule has 0 bridgehead atoms. The molecule has 0 aliphatic carbocycles. The number of hydrogen-bond donors (Lipinski definition) is 2. The third kappa shape index (κ3) is 5.88. The van der Waals surface area contributed by atoms with E-state index in [1.165, 1.54) is 13.3 Å². The van der Waals surface area contributed by atoms with Gasteiger partial charge in [0, 0.05) is 0 Å². The van der Waals surface area contributed by atoms with Gasteiger partial charge in [0.25, 0.3) is 5.91 Å². The lowest BCUT2D eigenvalue weighted by Gasteiger charge is -2.14. The van der Waals surface area contributed by atoms with Gasteiger partial charge in [0.2, 0.25) is 0 Å². The van der Waals surface area contributed by atoms with Gasteiger partial charge in [0.15, 0.2) is 11.5 Å². The van der Waals surface area contributed by atoms with Crippen molar-refractivity contribution >= 4 is 62.0 Å². The van der Waals surface area contributed by atoms with Gasteiger partial charge in [-0.15, -0.1) is 0 Å². The molecule has 0 radical (unpaired) electrons. The van der Waals surface area contributed by atoms with Crippen molar-refractivity contribution in [1.82, 2.24) is 5.43 Å². The molecule has 0 atom stereocenters. The highest BCUT2D eigenvalue weighted by atomic mass is 79.9. The summed E-state index contributed by atoms with van der Waals surface area (Å²) in [6.07, 6.45) is 1.46. The number of amides is 1. The molecule has 0 saturated heterocycles.